The maximum absolute atomic E-state index is 2.53. The van der Waals surface area contributed by atoms with Crippen molar-refractivity contribution in [1.82, 2.24) is 0 Å². The highest BCUT2D eigenvalue weighted by Crippen LogP contribution is 2.51. The van der Waals surface area contributed by atoms with Crippen LogP contribution in [0.3, 0.4) is 0 Å². The smallest absolute Gasteiger partial charge is 0.0497 e. The minimum atomic E-state index is -0.100. The Balaban J connectivity index is 0.961. The van der Waals surface area contributed by atoms with E-state index in [2.05, 4.69) is 195 Å². The molecule has 306 valence electrons. The van der Waals surface area contributed by atoms with Crippen molar-refractivity contribution in [2.75, 3.05) is 16.3 Å². The molecular weight excluding hydrogens is 749 g/mol. The molecule has 2 aliphatic heterocycles. The molecule has 7 aromatic rings. The van der Waals surface area contributed by atoms with E-state index in [9.17, 15) is 0 Å². The molecule has 11 rings (SSSR count). The maximum Gasteiger partial charge on any atom is 0.0497 e. The Morgan fingerprint density at radius 2 is 1.08 bits per heavy atom. The standard InChI is InChI=1S/C60H56N2/c1-40-15-6-5-7-20-49(40)50-31-27-42(35-54(50)53-38-48(29-24-41(53)2)62-58-22-12-9-17-45(58)37-46-18-10-13-23-59(46)62)25-26-43-28-32-51-52-33-30-47(39-56(52)60(3,4)55(51)36-43)61-34-14-19-44-16-8-11-21-57(44)61/h8-13,16-18,21-33,35-36,38-39H,5-7,14-15,19-20,34,37H2,1-4H3. The lowest BCUT2D eigenvalue weighted by Gasteiger charge is -2.34. The minimum Gasteiger partial charge on any atom is -0.341 e. The third-order valence-electron chi connectivity index (χ3n) is 14.6. The zero-order chi connectivity index (χ0) is 42.0. The van der Waals surface area contributed by atoms with Crippen molar-refractivity contribution >= 4 is 46.2 Å². The van der Waals surface area contributed by atoms with E-state index in [0.717, 1.165) is 25.8 Å². The Hall–Kier alpha value is -6.38. The van der Waals surface area contributed by atoms with Crippen molar-refractivity contribution in [3.8, 4) is 22.3 Å². The first-order chi connectivity index (χ1) is 30.3. The van der Waals surface area contributed by atoms with Gasteiger partial charge in [-0.05, 0) is 179 Å². The largest absolute Gasteiger partial charge is 0.341 e. The predicted octanol–water partition coefficient (Wildman–Crippen LogP) is 16.3. The first kappa shape index (κ1) is 38.5. The van der Waals surface area contributed by atoms with Crippen LogP contribution in [0.1, 0.15) is 109 Å². The molecule has 0 atom stereocenters. The normalized spacial score (nSPS) is 16.4. The number of rotatable bonds is 6. The highest BCUT2D eigenvalue weighted by atomic mass is 15.2. The average molecular weight is 805 g/mol. The zero-order valence-electron chi connectivity index (χ0n) is 36.8. The highest BCUT2D eigenvalue weighted by Gasteiger charge is 2.36. The fourth-order valence-electron chi connectivity index (χ4n) is 11.2. The molecule has 0 bridgehead atoms. The molecule has 0 aromatic heterocycles. The van der Waals surface area contributed by atoms with Crippen LogP contribution in [0.5, 0.6) is 0 Å². The van der Waals surface area contributed by atoms with Crippen LogP contribution in [0.25, 0.3) is 40.0 Å². The Kier molecular flexibility index (Phi) is 9.64. The van der Waals surface area contributed by atoms with E-state index >= 15 is 0 Å². The molecule has 4 aliphatic rings. The van der Waals surface area contributed by atoms with Crippen LogP contribution in [0.4, 0.5) is 28.4 Å². The van der Waals surface area contributed by atoms with Gasteiger partial charge in [0.15, 0.2) is 0 Å². The molecule has 7 aromatic carbocycles. The minimum absolute atomic E-state index is 0.100. The topological polar surface area (TPSA) is 6.48 Å². The second-order valence-electron chi connectivity index (χ2n) is 18.8. The number of benzene rings is 7. The summed E-state index contributed by atoms with van der Waals surface area (Å²) in [5.41, 5.74) is 27.0. The summed E-state index contributed by atoms with van der Waals surface area (Å²) in [6.07, 6.45) is 14.1. The molecule has 62 heavy (non-hydrogen) atoms. The summed E-state index contributed by atoms with van der Waals surface area (Å²) >= 11 is 0. The molecule has 0 spiro atoms. The number of aryl methyl sites for hydroxylation is 2. The first-order valence-corrected chi connectivity index (χ1v) is 23.0. The first-order valence-electron chi connectivity index (χ1n) is 23.0. The summed E-state index contributed by atoms with van der Waals surface area (Å²) in [6.45, 7) is 10.5. The monoisotopic (exact) mass is 804 g/mol. The van der Waals surface area contributed by atoms with E-state index in [4.69, 9.17) is 0 Å². The fraction of sp³-hybridized carbons (Fsp3) is 0.233. The molecule has 0 saturated heterocycles. The lowest BCUT2D eigenvalue weighted by Crippen LogP contribution is -2.25. The molecule has 0 unspecified atom stereocenters. The van der Waals surface area contributed by atoms with Gasteiger partial charge in [0.25, 0.3) is 0 Å². The Morgan fingerprint density at radius 1 is 0.468 bits per heavy atom. The molecule has 0 amide bonds. The van der Waals surface area contributed by atoms with Crippen LogP contribution in [0, 0.1) is 6.92 Å². The van der Waals surface area contributed by atoms with Crippen molar-refractivity contribution in [2.45, 2.75) is 84.5 Å². The molecule has 2 heterocycles. The van der Waals surface area contributed by atoms with Crippen LogP contribution in [-0.2, 0) is 18.3 Å². The van der Waals surface area contributed by atoms with Gasteiger partial charge in [-0.1, -0.05) is 135 Å². The van der Waals surface area contributed by atoms with E-state index in [1.807, 2.05) is 0 Å². The van der Waals surface area contributed by atoms with Gasteiger partial charge in [0.1, 0.15) is 0 Å². The molecule has 2 heteroatoms. The predicted molar refractivity (Wildman–Crippen MR) is 264 cm³/mol. The van der Waals surface area contributed by atoms with Gasteiger partial charge < -0.3 is 9.80 Å². The SMILES string of the molecule is CC1=C(c2ccc(C=Cc3ccc4c(c3)C(C)(C)c3cc(N5CCCc6ccccc65)ccc3-4)cc2-c2cc(N3c4ccccc4Cc4ccccc43)ccc2C)CCCCC1. The van der Waals surface area contributed by atoms with E-state index in [1.165, 1.54) is 133 Å². The van der Waals surface area contributed by atoms with Gasteiger partial charge >= 0.3 is 0 Å². The number of allylic oxidation sites excluding steroid dienone is 2. The van der Waals surface area contributed by atoms with Gasteiger partial charge in [0, 0.05) is 46.8 Å². The number of para-hydroxylation sites is 3. The number of nitrogens with zero attached hydrogens (tertiary/aromatic N) is 2. The lowest BCUT2D eigenvalue weighted by molar-refractivity contribution is 0.659. The summed E-state index contributed by atoms with van der Waals surface area (Å²) in [6, 6.07) is 55.5. The number of hydrogen-bond donors (Lipinski definition) is 0. The number of anilines is 5. The van der Waals surface area contributed by atoms with Crippen molar-refractivity contribution < 1.29 is 0 Å². The number of hydrogen-bond acceptors (Lipinski definition) is 2. The van der Waals surface area contributed by atoms with Crippen molar-refractivity contribution in [1.29, 1.82) is 0 Å². The zero-order valence-corrected chi connectivity index (χ0v) is 36.8. The van der Waals surface area contributed by atoms with Gasteiger partial charge in [-0.2, -0.15) is 0 Å². The van der Waals surface area contributed by atoms with Gasteiger partial charge in [-0.3, -0.25) is 0 Å². The summed E-state index contributed by atoms with van der Waals surface area (Å²) in [5.74, 6) is 0. The Bertz CT molecular complexity index is 2910. The van der Waals surface area contributed by atoms with Crippen molar-refractivity contribution in [3.63, 3.8) is 0 Å². The highest BCUT2D eigenvalue weighted by molar-refractivity contribution is 5.91. The number of fused-ring (bicyclic) bond motifs is 6. The van der Waals surface area contributed by atoms with Crippen LogP contribution in [0.15, 0.2) is 151 Å². The summed E-state index contributed by atoms with van der Waals surface area (Å²) < 4.78 is 0. The van der Waals surface area contributed by atoms with Gasteiger partial charge in [0.2, 0.25) is 0 Å². The quantitative estimate of drug-likeness (QED) is 0.155. The van der Waals surface area contributed by atoms with Crippen LogP contribution >= 0.6 is 0 Å². The third-order valence-corrected chi connectivity index (χ3v) is 14.6. The van der Waals surface area contributed by atoms with Gasteiger partial charge in [-0.15, -0.1) is 0 Å². The van der Waals surface area contributed by atoms with Crippen LogP contribution in [0.2, 0.25) is 0 Å². The molecular formula is C60H56N2. The molecule has 2 aliphatic carbocycles. The van der Waals surface area contributed by atoms with E-state index in [0.29, 0.717) is 0 Å². The second-order valence-corrected chi connectivity index (χ2v) is 18.8. The maximum atomic E-state index is 2.53. The van der Waals surface area contributed by atoms with Crippen LogP contribution in [-0.4, -0.2) is 6.54 Å². The fourth-order valence-corrected chi connectivity index (χ4v) is 11.2. The molecule has 0 saturated carbocycles. The summed E-state index contributed by atoms with van der Waals surface area (Å²) in [4.78, 5) is 5.01. The molecule has 0 N–H and O–H groups in total. The third kappa shape index (κ3) is 6.63. The summed E-state index contributed by atoms with van der Waals surface area (Å²) in [5, 5.41) is 0. The van der Waals surface area contributed by atoms with Gasteiger partial charge in [0.05, 0.1) is 0 Å². The lowest BCUT2D eigenvalue weighted by atomic mass is 9.81. The molecule has 0 radical (unpaired) electrons. The van der Waals surface area contributed by atoms with E-state index < -0.39 is 0 Å². The van der Waals surface area contributed by atoms with E-state index in [1.54, 1.807) is 11.1 Å². The Morgan fingerprint density at radius 3 is 1.84 bits per heavy atom. The summed E-state index contributed by atoms with van der Waals surface area (Å²) in [7, 11) is 0. The van der Waals surface area contributed by atoms with Crippen molar-refractivity contribution in [2.24, 2.45) is 0 Å². The van der Waals surface area contributed by atoms with Crippen LogP contribution < -0.4 is 9.80 Å². The Labute approximate surface area is 368 Å². The van der Waals surface area contributed by atoms with Crippen molar-refractivity contribution in [3.05, 3.63) is 201 Å². The second kappa shape index (κ2) is 15.5. The molecule has 2 nitrogen and oxygen atoms in total. The molecule has 0 fully saturated rings. The van der Waals surface area contributed by atoms with E-state index in [-0.39, 0.29) is 5.41 Å². The average Bonchev–Trinajstić information content (AvgIpc) is 3.39. The van der Waals surface area contributed by atoms with Gasteiger partial charge in [-0.25, -0.2) is 0 Å².